The molecule has 0 radical (unpaired) electrons. The minimum Gasteiger partial charge on any atom is -0.333 e. The molecule has 1 saturated heterocycles. The quantitative estimate of drug-likeness (QED) is 0.905. The molecule has 0 saturated carbocycles. The summed E-state index contributed by atoms with van der Waals surface area (Å²) in [6.07, 6.45) is 2.20. The van der Waals surface area contributed by atoms with E-state index in [2.05, 4.69) is 35.4 Å². The molecule has 96 valence electrons. The zero-order valence-corrected chi connectivity index (χ0v) is 11.5. The van der Waals surface area contributed by atoms with Gasteiger partial charge in [-0.25, -0.2) is 0 Å². The molecule has 0 unspecified atom stereocenters. The highest BCUT2D eigenvalue weighted by molar-refractivity contribution is 7.15. The van der Waals surface area contributed by atoms with Gasteiger partial charge in [0, 0.05) is 10.8 Å². The van der Waals surface area contributed by atoms with Crippen LogP contribution in [0.5, 0.6) is 0 Å². The van der Waals surface area contributed by atoms with Crippen molar-refractivity contribution >= 4 is 11.3 Å². The number of piperidine rings is 1. The Morgan fingerprint density at radius 1 is 1.33 bits per heavy atom. The molecule has 0 aliphatic carbocycles. The van der Waals surface area contributed by atoms with E-state index in [1.807, 2.05) is 0 Å². The second kappa shape index (κ2) is 4.82. The molecule has 0 atom stereocenters. The van der Waals surface area contributed by atoms with Crippen LogP contribution in [0, 0.1) is 13.8 Å². The first kappa shape index (κ1) is 11.9. The summed E-state index contributed by atoms with van der Waals surface area (Å²) in [7, 11) is 0. The SMILES string of the molecule is Cc1cc(-c2nc(C3CCNCC3)no2)sc1C. The van der Waals surface area contributed by atoms with E-state index in [-0.39, 0.29) is 0 Å². The molecule has 0 aromatic carbocycles. The van der Waals surface area contributed by atoms with E-state index in [9.17, 15) is 0 Å². The maximum atomic E-state index is 5.40. The van der Waals surface area contributed by atoms with Gasteiger partial charge in [-0.1, -0.05) is 5.16 Å². The number of aromatic nitrogens is 2. The standard InChI is InChI=1S/C13H17N3OS/c1-8-7-11(18-9(8)2)13-15-12(16-17-13)10-3-5-14-6-4-10/h7,10,14H,3-6H2,1-2H3. The van der Waals surface area contributed by atoms with Gasteiger partial charge < -0.3 is 9.84 Å². The third kappa shape index (κ3) is 2.20. The van der Waals surface area contributed by atoms with Crippen molar-refractivity contribution < 1.29 is 4.52 Å². The monoisotopic (exact) mass is 263 g/mol. The molecule has 1 N–H and O–H groups in total. The van der Waals surface area contributed by atoms with Crippen LogP contribution in [0.3, 0.4) is 0 Å². The van der Waals surface area contributed by atoms with Gasteiger partial charge in [-0.15, -0.1) is 11.3 Å². The molecule has 2 aromatic rings. The lowest BCUT2D eigenvalue weighted by Crippen LogP contribution is -2.27. The molecule has 1 aliphatic rings. The number of hydrogen-bond donors (Lipinski definition) is 1. The summed E-state index contributed by atoms with van der Waals surface area (Å²) < 4.78 is 5.40. The van der Waals surface area contributed by atoms with Crippen molar-refractivity contribution in [2.45, 2.75) is 32.6 Å². The fourth-order valence-corrected chi connectivity index (χ4v) is 3.22. The van der Waals surface area contributed by atoms with E-state index in [0.717, 1.165) is 36.6 Å². The summed E-state index contributed by atoms with van der Waals surface area (Å²) in [4.78, 5) is 6.96. The first-order valence-corrected chi connectivity index (χ1v) is 7.17. The Balaban J connectivity index is 1.84. The van der Waals surface area contributed by atoms with Gasteiger partial charge in [-0.2, -0.15) is 4.98 Å². The van der Waals surface area contributed by atoms with Crippen LogP contribution in [-0.4, -0.2) is 23.2 Å². The molecule has 4 nitrogen and oxygen atoms in total. The highest BCUT2D eigenvalue weighted by Crippen LogP contribution is 2.31. The van der Waals surface area contributed by atoms with Crippen LogP contribution in [0.2, 0.25) is 0 Å². The number of nitrogens with one attached hydrogen (secondary N) is 1. The minimum absolute atomic E-state index is 0.450. The smallest absolute Gasteiger partial charge is 0.268 e. The van der Waals surface area contributed by atoms with Crippen molar-refractivity contribution in [2.75, 3.05) is 13.1 Å². The summed E-state index contributed by atoms with van der Waals surface area (Å²) in [6, 6.07) is 2.12. The molecule has 1 aliphatic heterocycles. The van der Waals surface area contributed by atoms with E-state index in [1.165, 1.54) is 10.4 Å². The molecular formula is C13H17N3OS. The Hall–Kier alpha value is -1.20. The van der Waals surface area contributed by atoms with Crippen LogP contribution < -0.4 is 5.32 Å². The first-order chi connectivity index (χ1) is 8.74. The fraction of sp³-hybridized carbons (Fsp3) is 0.538. The molecule has 0 bridgehead atoms. The zero-order chi connectivity index (χ0) is 12.5. The molecule has 3 heterocycles. The number of rotatable bonds is 2. The maximum Gasteiger partial charge on any atom is 0.268 e. The first-order valence-electron chi connectivity index (χ1n) is 6.36. The van der Waals surface area contributed by atoms with Crippen LogP contribution >= 0.6 is 11.3 Å². The van der Waals surface area contributed by atoms with Crippen molar-refractivity contribution in [1.82, 2.24) is 15.5 Å². The predicted molar refractivity (Wildman–Crippen MR) is 71.9 cm³/mol. The lowest BCUT2D eigenvalue weighted by Gasteiger charge is -2.18. The zero-order valence-electron chi connectivity index (χ0n) is 10.7. The van der Waals surface area contributed by atoms with Gasteiger partial charge in [-0.3, -0.25) is 0 Å². The molecule has 5 heteroatoms. The normalized spacial score (nSPS) is 17.2. The van der Waals surface area contributed by atoms with Gasteiger partial charge in [0.15, 0.2) is 5.82 Å². The van der Waals surface area contributed by atoms with Gasteiger partial charge >= 0.3 is 0 Å². The van der Waals surface area contributed by atoms with Gasteiger partial charge in [-0.05, 0) is 51.4 Å². The molecule has 1 fully saturated rings. The lowest BCUT2D eigenvalue weighted by atomic mass is 9.98. The highest BCUT2D eigenvalue weighted by Gasteiger charge is 2.21. The second-order valence-electron chi connectivity index (χ2n) is 4.83. The van der Waals surface area contributed by atoms with Crippen LogP contribution in [0.25, 0.3) is 10.8 Å². The third-order valence-corrected chi connectivity index (χ3v) is 4.66. The number of aryl methyl sites for hydroxylation is 2. The maximum absolute atomic E-state index is 5.40. The van der Waals surface area contributed by atoms with Crippen molar-refractivity contribution in [3.05, 3.63) is 22.3 Å². The van der Waals surface area contributed by atoms with Gasteiger partial charge in [0.1, 0.15) is 0 Å². The topological polar surface area (TPSA) is 51.0 Å². The molecule has 3 rings (SSSR count). The van der Waals surface area contributed by atoms with Crippen LogP contribution in [-0.2, 0) is 0 Å². The summed E-state index contributed by atoms with van der Waals surface area (Å²) in [5.41, 5.74) is 1.29. The third-order valence-electron chi connectivity index (χ3n) is 3.52. The van der Waals surface area contributed by atoms with Crippen molar-refractivity contribution in [1.29, 1.82) is 0 Å². The largest absolute Gasteiger partial charge is 0.333 e. The molecular weight excluding hydrogens is 246 g/mol. The Morgan fingerprint density at radius 3 is 2.78 bits per heavy atom. The number of thiophene rings is 1. The number of nitrogens with zero attached hydrogens (tertiary/aromatic N) is 2. The van der Waals surface area contributed by atoms with Crippen LogP contribution in [0.1, 0.15) is 35.0 Å². The van der Waals surface area contributed by atoms with Crippen LogP contribution in [0.4, 0.5) is 0 Å². The summed E-state index contributed by atoms with van der Waals surface area (Å²) in [5.74, 6) is 1.99. The summed E-state index contributed by atoms with van der Waals surface area (Å²) >= 11 is 1.72. The Morgan fingerprint density at radius 2 is 2.11 bits per heavy atom. The van der Waals surface area contributed by atoms with Crippen LogP contribution in [0.15, 0.2) is 10.6 Å². The average Bonchev–Trinajstić information content (AvgIpc) is 2.99. The summed E-state index contributed by atoms with van der Waals surface area (Å²) in [6.45, 7) is 6.32. The van der Waals surface area contributed by atoms with E-state index >= 15 is 0 Å². The average molecular weight is 263 g/mol. The lowest BCUT2D eigenvalue weighted by molar-refractivity contribution is 0.392. The van der Waals surface area contributed by atoms with Gasteiger partial charge in [0.2, 0.25) is 0 Å². The van der Waals surface area contributed by atoms with E-state index in [1.54, 1.807) is 11.3 Å². The molecule has 0 amide bonds. The van der Waals surface area contributed by atoms with Crippen molar-refractivity contribution in [3.8, 4) is 10.8 Å². The number of hydrogen-bond acceptors (Lipinski definition) is 5. The fourth-order valence-electron chi connectivity index (χ4n) is 2.26. The van der Waals surface area contributed by atoms with Crippen molar-refractivity contribution in [3.63, 3.8) is 0 Å². The Kier molecular flexibility index (Phi) is 3.18. The minimum atomic E-state index is 0.450. The Labute approximate surface area is 110 Å². The highest BCUT2D eigenvalue weighted by atomic mass is 32.1. The van der Waals surface area contributed by atoms with E-state index < -0.39 is 0 Å². The molecule has 2 aromatic heterocycles. The molecule has 18 heavy (non-hydrogen) atoms. The molecule has 0 spiro atoms. The Bertz CT molecular complexity index is 521. The van der Waals surface area contributed by atoms with Gasteiger partial charge in [0.25, 0.3) is 5.89 Å². The van der Waals surface area contributed by atoms with Crippen molar-refractivity contribution in [2.24, 2.45) is 0 Å². The second-order valence-corrected chi connectivity index (χ2v) is 6.09. The summed E-state index contributed by atoms with van der Waals surface area (Å²) in [5, 5.41) is 7.50. The van der Waals surface area contributed by atoms with E-state index in [4.69, 9.17) is 4.52 Å². The predicted octanol–water partition coefficient (Wildman–Crippen LogP) is 2.88. The van der Waals surface area contributed by atoms with E-state index in [0.29, 0.717) is 11.8 Å². The van der Waals surface area contributed by atoms with Gasteiger partial charge in [0.05, 0.1) is 4.88 Å².